The number of piperazine rings is 1. The van der Waals surface area contributed by atoms with Crippen molar-refractivity contribution < 1.29 is 25.1 Å². The molecule has 1 aliphatic carbocycles. The zero-order valence-electron chi connectivity index (χ0n) is 17.8. The Balaban J connectivity index is 0.00000141. The van der Waals surface area contributed by atoms with Gasteiger partial charge in [-0.2, -0.15) is 0 Å². The fourth-order valence-corrected chi connectivity index (χ4v) is 3.84. The molecule has 170 valence electrons. The molecule has 7 N–H and O–H groups in total. The topological polar surface area (TPSA) is 139 Å². The van der Waals surface area contributed by atoms with Crippen LogP contribution in [0.25, 0.3) is 0 Å². The van der Waals surface area contributed by atoms with E-state index in [-0.39, 0.29) is 40.0 Å². The number of nitrogens with two attached hydrogens (primary N) is 1. The number of carbonyl (C=O) groups excluding carboxylic acids is 2. The molecular formula is C22H28FN6O3+. The molecule has 0 bridgehead atoms. The number of pyridine rings is 1. The Morgan fingerprint density at radius 1 is 1.06 bits per heavy atom. The lowest BCUT2D eigenvalue weighted by molar-refractivity contribution is -0.670. The second kappa shape index (κ2) is 10.8. The molecule has 4 rings (SSSR count). The summed E-state index contributed by atoms with van der Waals surface area (Å²) in [6, 6.07) is 9.77. The minimum Gasteiger partial charge on any atom is -0.394 e. The molecule has 9 nitrogen and oxygen atoms in total. The molecule has 10 heteroatoms. The van der Waals surface area contributed by atoms with Crippen LogP contribution in [0.3, 0.4) is 0 Å². The summed E-state index contributed by atoms with van der Waals surface area (Å²) in [6.07, 6.45) is 2.30. The number of aromatic nitrogens is 1. The average molecular weight is 444 g/mol. The third-order valence-electron chi connectivity index (χ3n) is 5.53. The lowest BCUT2D eigenvalue weighted by atomic mass is 9.95. The summed E-state index contributed by atoms with van der Waals surface area (Å²) in [5.74, 6) is 1.32. The quantitative estimate of drug-likeness (QED) is 0.367. The maximum Gasteiger partial charge on any atom is 0.230 e. The number of carbonyl (C=O) groups is 2. The van der Waals surface area contributed by atoms with Gasteiger partial charge < -0.3 is 16.0 Å². The average Bonchev–Trinajstić information content (AvgIpc) is 2.84. The number of nitrogens with one attached hydrogen (secondary N) is 1. The van der Waals surface area contributed by atoms with Gasteiger partial charge in [0.05, 0.1) is 5.56 Å². The van der Waals surface area contributed by atoms with Crippen LogP contribution in [0.15, 0.2) is 54.0 Å². The van der Waals surface area contributed by atoms with E-state index in [0.29, 0.717) is 6.54 Å². The lowest BCUT2D eigenvalue weighted by Crippen LogP contribution is -2.47. The Kier molecular flexibility index (Phi) is 7.87. The van der Waals surface area contributed by atoms with Gasteiger partial charge in [0.2, 0.25) is 11.6 Å². The highest BCUT2D eigenvalue weighted by Crippen LogP contribution is 2.21. The first kappa shape index (κ1) is 23.3. The molecular weight excluding hydrogens is 415 g/mol. The molecule has 32 heavy (non-hydrogen) atoms. The SMILES string of the molecule is NC1=C(NCCCN2CCN(c3ccc(F)cc3)CC2)C(=O)c2ncccc2C1=O.[NH3+]O. The molecule has 1 aromatic carbocycles. The largest absolute Gasteiger partial charge is 0.394 e. The maximum absolute atomic E-state index is 13.1. The van der Waals surface area contributed by atoms with Crippen LogP contribution in [0.5, 0.6) is 0 Å². The minimum atomic E-state index is -0.364. The van der Waals surface area contributed by atoms with Crippen LogP contribution in [0.2, 0.25) is 0 Å². The number of ketones is 2. The van der Waals surface area contributed by atoms with Crippen molar-refractivity contribution in [2.75, 3.05) is 44.2 Å². The predicted molar refractivity (Wildman–Crippen MR) is 116 cm³/mol. The Hall–Kier alpha value is -3.34. The third kappa shape index (κ3) is 5.10. The molecule has 1 saturated heterocycles. The summed E-state index contributed by atoms with van der Waals surface area (Å²) < 4.78 is 13.1. The van der Waals surface area contributed by atoms with Crippen LogP contribution in [0.1, 0.15) is 27.3 Å². The molecule has 1 fully saturated rings. The molecule has 2 heterocycles. The summed E-state index contributed by atoms with van der Waals surface area (Å²) >= 11 is 0. The molecule has 0 spiro atoms. The number of benzene rings is 1. The second-order valence-electron chi connectivity index (χ2n) is 7.43. The van der Waals surface area contributed by atoms with E-state index in [2.05, 4.69) is 26.0 Å². The van der Waals surface area contributed by atoms with Gasteiger partial charge in [0, 0.05) is 44.6 Å². The van der Waals surface area contributed by atoms with Crippen molar-refractivity contribution >= 4 is 17.3 Å². The molecule has 0 amide bonds. The highest BCUT2D eigenvalue weighted by molar-refractivity contribution is 6.25. The first-order valence-corrected chi connectivity index (χ1v) is 10.4. The second-order valence-corrected chi connectivity index (χ2v) is 7.43. The van der Waals surface area contributed by atoms with E-state index in [9.17, 15) is 14.0 Å². The predicted octanol–water partition coefficient (Wildman–Crippen LogP) is 0.189. The Morgan fingerprint density at radius 3 is 2.44 bits per heavy atom. The fourth-order valence-electron chi connectivity index (χ4n) is 3.84. The van der Waals surface area contributed by atoms with Gasteiger partial charge in [0.25, 0.3) is 0 Å². The van der Waals surface area contributed by atoms with Gasteiger partial charge >= 0.3 is 0 Å². The summed E-state index contributed by atoms with van der Waals surface area (Å²) in [6.45, 7) is 5.00. The Labute approximate surface area is 185 Å². The van der Waals surface area contributed by atoms with Crippen molar-refractivity contribution in [3.05, 3.63) is 71.1 Å². The number of halogens is 1. The van der Waals surface area contributed by atoms with Crippen LogP contribution in [0.4, 0.5) is 10.1 Å². The summed E-state index contributed by atoms with van der Waals surface area (Å²) in [5.41, 5.74) is 7.45. The summed E-state index contributed by atoms with van der Waals surface area (Å²) in [7, 11) is 0. The monoisotopic (exact) mass is 443 g/mol. The van der Waals surface area contributed by atoms with Gasteiger partial charge in [-0.05, 0) is 49.4 Å². The van der Waals surface area contributed by atoms with E-state index in [1.54, 1.807) is 12.1 Å². The van der Waals surface area contributed by atoms with Gasteiger partial charge in [-0.1, -0.05) is 0 Å². The van der Waals surface area contributed by atoms with Crippen LogP contribution in [-0.4, -0.2) is 65.9 Å². The number of hydrogen-bond acceptors (Lipinski definition) is 8. The van der Waals surface area contributed by atoms with E-state index in [1.807, 2.05) is 12.1 Å². The number of allylic oxidation sites excluding steroid dienone is 2. The molecule has 1 aromatic heterocycles. The molecule has 0 saturated carbocycles. The van der Waals surface area contributed by atoms with E-state index < -0.39 is 0 Å². The summed E-state index contributed by atoms with van der Waals surface area (Å²) in [5, 5.41) is 9.79. The number of nitrogens with zero attached hydrogens (tertiary/aromatic N) is 3. The zero-order chi connectivity index (χ0) is 23.1. The normalized spacial score (nSPS) is 16.4. The highest BCUT2D eigenvalue weighted by Gasteiger charge is 2.31. The Bertz CT molecular complexity index is 987. The van der Waals surface area contributed by atoms with Crippen molar-refractivity contribution in [2.24, 2.45) is 5.73 Å². The van der Waals surface area contributed by atoms with Crippen LogP contribution < -0.4 is 21.8 Å². The van der Waals surface area contributed by atoms with Crippen molar-refractivity contribution in [3.63, 3.8) is 0 Å². The van der Waals surface area contributed by atoms with Gasteiger partial charge in [-0.3, -0.25) is 19.5 Å². The number of fused-ring (bicyclic) bond motifs is 1. The number of rotatable bonds is 6. The van der Waals surface area contributed by atoms with E-state index in [1.165, 1.54) is 18.3 Å². The van der Waals surface area contributed by atoms with Gasteiger partial charge in [-0.15, -0.1) is 0 Å². The van der Waals surface area contributed by atoms with E-state index in [0.717, 1.165) is 44.8 Å². The van der Waals surface area contributed by atoms with Crippen LogP contribution in [-0.2, 0) is 0 Å². The number of hydrogen-bond donors (Lipinski definition) is 4. The van der Waals surface area contributed by atoms with Crippen molar-refractivity contribution in [1.29, 1.82) is 0 Å². The van der Waals surface area contributed by atoms with Crippen molar-refractivity contribution in [1.82, 2.24) is 15.2 Å². The fraction of sp³-hybridized carbons (Fsp3) is 0.318. The number of quaternary nitrogens is 1. The van der Waals surface area contributed by atoms with E-state index >= 15 is 0 Å². The standard InChI is InChI=1S/C22H24FN5O2.H4NO/c23-15-4-6-16(7-5-15)28-13-11-27(12-14-28)10-2-9-26-20-18(24)21(29)17-3-1-8-25-19(17)22(20)30;1-2/h1,3-8,26H,2,9-14,24H2;2H,1H3/q;+1. The first-order valence-electron chi connectivity index (χ1n) is 10.4. The van der Waals surface area contributed by atoms with Gasteiger partial charge in [0.1, 0.15) is 22.9 Å². The highest BCUT2D eigenvalue weighted by atomic mass is 19.1. The van der Waals surface area contributed by atoms with Gasteiger partial charge in [0.15, 0.2) is 0 Å². The number of Topliss-reactive ketones (excluding diaryl/α,β-unsaturated/α-hetero) is 2. The van der Waals surface area contributed by atoms with Gasteiger partial charge in [-0.25, -0.2) is 15.5 Å². The Morgan fingerprint density at radius 2 is 1.75 bits per heavy atom. The zero-order valence-corrected chi connectivity index (χ0v) is 17.8. The minimum absolute atomic E-state index is 0.0478. The number of anilines is 1. The first-order chi connectivity index (χ1) is 15.5. The molecule has 0 unspecified atom stereocenters. The smallest absolute Gasteiger partial charge is 0.230 e. The third-order valence-corrected chi connectivity index (χ3v) is 5.53. The summed E-state index contributed by atoms with van der Waals surface area (Å²) in [4.78, 5) is 33.6. The molecule has 2 aromatic rings. The molecule has 0 radical (unpaired) electrons. The molecule has 2 aliphatic rings. The van der Waals surface area contributed by atoms with Crippen LogP contribution >= 0.6 is 0 Å². The van der Waals surface area contributed by atoms with Crippen molar-refractivity contribution in [2.45, 2.75) is 6.42 Å². The van der Waals surface area contributed by atoms with Crippen molar-refractivity contribution in [3.8, 4) is 0 Å². The molecule has 0 atom stereocenters. The maximum atomic E-state index is 13.1. The van der Waals surface area contributed by atoms with Crippen LogP contribution in [0, 0.1) is 5.82 Å². The lowest BCUT2D eigenvalue weighted by Gasteiger charge is -2.36. The van der Waals surface area contributed by atoms with E-state index in [4.69, 9.17) is 10.9 Å². The molecule has 1 aliphatic heterocycles.